The summed E-state index contributed by atoms with van der Waals surface area (Å²) in [6.45, 7) is 2.73. The number of benzene rings is 1. The van der Waals surface area contributed by atoms with Crippen LogP contribution in [0.2, 0.25) is 0 Å². The van der Waals surface area contributed by atoms with Gasteiger partial charge in [-0.3, -0.25) is 4.79 Å². The van der Waals surface area contributed by atoms with Crippen molar-refractivity contribution >= 4 is 5.91 Å². The average molecular weight is 257 g/mol. The lowest BCUT2D eigenvalue weighted by Gasteiger charge is -2.35. The molecule has 0 atom stereocenters. The highest BCUT2D eigenvalue weighted by atomic mass is 16.3. The smallest absolute Gasteiger partial charge is 0.254 e. The van der Waals surface area contributed by atoms with Gasteiger partial charge in [0, 0.05) is 24.2 Å². The van der Waals surface area contributed by atoms with Gasteiger partial charge >= 0.3 is 0 Å². The fourth-order valence-electron chi connectivity index (χ4n) is 2.20. The predicted molar refractivity (Wildman–Crippen MR) is 70.8 cm³/mol. The zero-order chi connectivity index (χ0) is 13.4. The Morgan fingerprint density at radius 2 is 2.11 bits per heavy atom. The summed E-state index contributed by atoms with van der Waals surface area (Å²) in [5.41, 5.74) is 1.51. The van der Waals surface area contributed by atoms with E-state index in [0.29, 0.717) is 18.7 Å². The summed E-state index contributed by atoms with van der Waals surface area (Å²) in [5, 5.41) is 9.24. The molecule has 4 heteroatoms. The Morgan fingerprint density at radius 3 is 2.74 bits per heavy atom. The molecular formula is C15H15NO3. The lowest BCUT2D eigenvalue weighted by atomic mass is 10.1. The van der Waals surface area contributed by atoms with Gasteiger partial charge in [-0.1, -0.05) is 12.1 Å². The highest BCUT2D eigenvalue weighted by Gasteiger charge is 2.29. The third kappa shape index (κ3) is 2.27. The summed E-state index contributed by atoms with van der Waals surface area (Å²) >= 11 is 0. The van der Waals surface area contributed by atoms with Gasteiger partial charge in [-0.05, 0) is 31.2 Å². The number of amides is 1. The SMILES string of the molecule is Cc1ccc(-c2cccc(C(=O)N3CC(O)C3)c2)o1. The average Bonchev–Trinajstić information content (AvgIpc) is 2.81. The van der Waals surface area contributed by atoms with Gasteiger partial charge in [0.05, 0.1) is 6.10 Å². The summed E-state index contributed by atoms with van der Waals surface area (Å²) in [6.07, 6.45) is -0.375. The van der Waals surface area contributed by atoms with E-state index in [4.69, 9.17) is 4.42 Å². The molecule has 1 amide bonds. The van der Waals surface area contributed by atoms with Crippen LogP contribution in [0.15, 0.2) is 40.8 Å². The molecule has 3 rings (SSSR count). The van der Waals surface area contributed by atoms with E-state index < -0.39 is 0 Å². The monoisotopic (exact) mass is 257 g/mol. The van der Waals surface area contributed by atoms with Crippen LogP contribution in [0.4, 0.5) is 0 Å². The van der Waals surface area contributed by atoms with Crippen LogP contribution in [0, 0.1) is 6.92 Å². The minimum absolute atomic E-state index is 0.0459. The summed E-state index contributed by atoms with van der Waals surface area (Å²) in [4.78, 5) is 13.8. The number of carbonyl (C=O) groups is 1. The number of aliphatic hydroxyl groups is 1. The Labute approximate surface area is 111 Å². The Morgan fingerprint density at radius 1 is 1.32 bits per heavy atom. The molecule has 1 fully saturated rings. The van der Waals surface area contributed by atoms with E-state index in [9.17, 15) is 9.90 Å². The molecule has 1 saturated heterocycles. The number of likely N-dealkylation sites (tertiary alicyclic amines) is 1. The number of nitrogens with zero attached hydrogens (tertiary/aromatic N) is 1. The zero-order valence-electron chi connectivity index (χ0n) is 10.7. The molecule has 2 aromatic rings. The molecule has 0 saturated carbocycles. The molecular weight excluding hydrogens is 242 g/mol. The zero-order valence-corrected chi connectivity index (χ0v) is 10.7. The third-order valence-corrected chi connectivity index (χ3v) is 3.28. The molecule has 0 radical (unpaired) electrons. The summed E-state index contributed by atoms with van der Waals surface area (Å²) in [5.74, 6) is 1.56. The quantitative estimate of drug-likeness (QED) is 0.896. The van der Waals surface area contributed by atoms with Gasteiger partial charge in [-0.15, -0.1) is 0 Å². The van der Waals surface area contributed by atoms with E-state index in [1.54, 1.807) is 11.0 Å². The van der Waals surface area contributed by atoms with Crippen LogP contribution in [0.25, 0.3) is 11.3 Å². The topological polar surface area (TPSA) is 53.7 Å². The van der Waals surface area contributed by atoms with Crippen LogP contribution in [-0.4, -0.2) is 35.1 Å². The van der Waals surface area contributed by atoms with Crippen molar-refractivity contribution in [3.8, 4) is 11.3 Å². The van der Waals surface area contributed by atoms with Crippen LogP contribution in [-0.2, 0) is 0 Å². The van der Waals surface area contributed by atoms with Crippen molar-refractivity contribution in [1.82, 2.24) is 4.90 Å². The van der Waals surface area contributed by atoms with E-state index in [1.807, 2.05) is 37.3 Å². The summed E-state index contributed by atoms with van der Waals surface area (Å²) in [7, 11) is 0. The van der Waals surface area contributed by atoms with Crippen molar-refractivity contribution < 1.29 is 14.3 Å². The second-order valence-electron chi connectivity index (χ2n) is 4.86. The fraction of sp³-hybridized carbons (Fsp3) is 0.267. The number of carbonyl (C=O) groups excluding carboxylic acids is 1. The van der Waals surface area contributed by atoms with Gasteiger partial charge in [-0.25, -0.2) is 0 Å². The molecule has 1 aromatic heterocycles. The Bertz CT molecular complexity index is 611. The van der Waals surface area contributed by atoms with Gasteiger partial charge in [-0.2, -0.15) is 0 Å². The number of rotatable bonds is 2. The third-order valence-electron chi connectivity index (χ3n) is 3.28. The van der Waals surface area contributed by atoms with Crippen LogP contribution in [0.1, 0.15) is 16.1 Å². The lowest BCUT2D eigenvalue weighted by molar-refractivity contribution is 0.00590. The first-order chi connectivity index (χ1) is 9.13. The van der Waals surface area contributed by atoms with E-state index in [-0.39, 0.29) is 12.0 Å². The molecule has 1 N–H and O–H groups in total. The number of β-amino-alcohol motifs (C(OH)–C–C–N with tert-alkyl or cyclic N) is 1. The maximum Gasteiger partial charge on any atom is 0.254 e. The van der Waals surface area contributed by atoms with E-state index in [2.05, 4.69) is 0 Å². The van der Waals surface area contributed by atoms with Crippen LogP contribution >= 0.6 is 0 Å². The van der Waals surface area contributed by atoms with E-state index in [0.717, 1.165) is 17.1 Å². The normalized spacial score (nSPS) is 15.4. The second-order valence-corrected chi connectivity index (χ2v) is 4.86. The van der Waals surface area contributed by atoms with Crippen molar-refractivity contribution in [3.63, 3.8) is 0 Å². The van der Waals surface area contributed by atoms with Crippen LogP contribution in [0.3, 0.4) is 0 Å². The standard InChI is InChI=1S/C15H15NO3/c1-10-5-6-14(19-10)11-3-2-4-12(7-11)15(18)16-8-13(17)9-16/h2-7,13,17H,8-9H2,1H3. The molecule has 1 aromatic carbocycles. The van der Waals surface area contributed by atoms with Crippen molar-refractivity contribution in [2.75, 3.05) is 13.1 Å². The molecule has 0 aliphatic carbocycles. The Balaban J connectivity index is 1.85. The molecule has 1 aliphatic heterocycles. The van der Waals surface area contributed by atoms with E-state index in [1.165, 1.54) is 0 Å². The highest BCUT2D eigenvalue weighted by Crippen LogP contribution is 2.24. The largest absolute Gasteiger partial charge is 0.461 e. The van der Waals surface area contributed by atoms with Crippen LogP contribution in [0.5, 0.6) is 0 Å². The second kappa shape index (κ2) is 4.55. The Kier molecular flexibility index (Phi) is 2.87. The van der Waals surface area contributed by atoms with Gasteiger partial charge in [0.1, 0.15) is 11.5 Å². The molecule has 0 unspecified atom stereocenters. The number of hydrogen-bond acceptors (Lipinski definition) is 3. The van der Waals surface area contributed by atoms with Crippen molar-refractivity contribution in [2.45, 2.75) is 13.0 Å². The number of furan rings is 1. The molecule has 4 nitrogen and oxygen atoms in total. The molecule has 19 heavy (non-hydrogen) atoms. The maximum absolute atomic E-state index is 12.1. The molecule has 2 heterocycles. The first kappa shape index (κ1) is 12.0. The fourth-order valence-corrected chi connectivity index (χ4v) is 2.20. The first-order valence-electron chi connectivity index (χ1n) is 6.28. The van der Waals surface area contributed by atoms with Crippen LogP contribution < -0.4 is 0 Å². The minimum atomic E-state index is -0.375. The first-order valence-corrected chi connectivity index (χ1v) is 6.28. The maximum atomic E-state index is 12.1. The van der Waals surface area contributed by atoms with Gasteiger partial charge in [0.25, 0.3) is 5.91 Å². The minimum Gasteiger partial charge on any atom is -0.461 e. The number of aryl methyl sites for hydroxylation is 1. The molecule has 0 spiro atoms. The summed E-state index contributed by atoms with van der Waals surface area (Å²) < 4.78 is 5.56. The number of hydrogen-bond donors (Lipinski definition) is 1. The number of aliphatic hydroxyl groups excluding tert-OH is 1. The van der Waals surface area contributed by atoms with Gasteiger partial charge in [0.2, 0.25) is 0 Å². The van der Waals surface area contributed by atoms with Crippen molar-refractivity contribution in [3.05, 3.63) is 47.7 Å². The molecule has 98 valence electrons. The Hall–Kier alpha value is -2.07. The molecule has 0 bridgehead atoms. The summed E-state index contributed by atoms with van der Waals surface area (Å²) in [6, 6.07) is 11.2. The predicted octanol–water partition coefficient (Wildman–Crippen LogP) is 2.07. The molecule has 1 aliphatic rings. The lowest BCUT2D eigenvalue weighted by Crippen LogP contribution is -2.53. The van der Waals surface area contributed by atoms with Crippen molar-refractivity contribution in [1.29, 1.82) is 0 Å². The van der Waals surface area contributed by atoms with Gasteiger partial charge < -0.3 is 14.4 Å². The van der Waals surface area contributed by atoms with Gasteiger partial charge in [0.15, 0.2) is 0 Å². The van der Waals surface area contributed by atoms with Crippen molar-refractivity contribution in [2.24, 2.45) is 0 Å². The van der Waals surface area contributed by atoms with E-state index >= 15 is 0 Å². The highest BCUT2D eigenvalue weighted by molar-refractivity contribution is 5.95.